The van der Waals surface area contributed by atoms with Crippen LogP contribution in [-0.4, -0.2) is 66.5 Å². The third kappa shape index (κ3) is 5.88. The number of thioether (sulfide) groups is 1. The molecular formula is C24H25N3O5S2. The lowest BCUT2D eigenvalue weighted by Gasteiger charge is -2.18. The second-order valence-electron chi connectivity index (χ2n) is 7.82. The number of amides is 2. The predicted octanol–water partition coefficient (Wildman–Crippen LogP) is 2.87. The number of rotatable bonds is 9. The third-order valence-electron chi connectivity index (χ3n) is 5.25. The maximum Gasteiger partial charge on any atom is 0.266 e. The molecule has 0 spiro atoms. The van der Waals surface area contributed by atoms with Gasteiger partial charge in [-0.2, -0.15) is 0 Å². The highest BCUT2D eigenvalue weighted by Crippen LogP contribution is 2.36. The second kappa shape index (κ2) is 10.9. The first-order chi connectivity index (χ1) is 16.4. The molecule has 178 valence electrons. The molecule has 0 bridgehead atoms. The highest BCUT2D eigenvalue weighted by Gasteiger charge is 2.31. The standard InChI is InChI=1S/C24H25N3O5S2/c1-26(13-16-3-6-18(30-2)7-4-16)14-22(28)25-9-10-27-23(29)21(34-24(27)33)12-17-5-8-19-20(11-17)32-15-31-19/h3-8,11-12H,9-10,13-15H2,1-2H3,(H,25,28)/b21-12+. The van der Waals surface area contributed by atoms with Gasteiger partial charge in [0.2, 0.25) is 12.7 Å². The van der Waals surface area contributed by atoms with E-state index in [-0.39, 0.29) is 25.2 Å². The molecule has 2 heterocycles. The monoisotopic (exact) mass is 499 g/mol. The molecule has 8 nitrogen and oxygen atoms in total. The number of ether oxygens (including phenoxy) is 3. The number of hydrogen-bond donors (Lipinski definition) is 1. The van der Waals surface area contributed by atoms with Crippen LogP contribution >= 0.6 is 24.0 Å². The first-order valence-electron chi connectivity index (χ1n) is 10.7. The number of benzene rings is 2. The first-order valence-corrected chi connectivity index (χ1v) is 11.9. The van der Waals surface area contributed by atoms with Crippen molar-refractivity contribution in [2.45, 2.75) is 6.54 Å². The van der Waals surface area contributed by atoms with Crippen molar-refractivity contribution in [2.75, 3.05) is 40.6 Å². The molecule has 2 aromatic carbocycles. The van der Waals surface area contributed by atoms with Gasteiger partial charge >= 0.3 is 0 Å². The number of thiocarbonyl (C=S) groups is 1. The summed E-state index contributed by atoms with van der Waals surface area (Å²) in [6, 6.07) is 13.2. The van der Waals surface area contributed by atoms with E-state index in [9.17, 15) is 9.59 Å². The Morgan fingerprint density at radius 3 is 2.76 bits per heavy atom. The van der Waals surface area contributed by atoms with Crippen LogP contribution in [-0.2, 0) is 16.1 Å². The summed E-state index contributed by atoms with van der Waals surface area (Å²) in [7, 11) is 3.51. The molecule has 1 saturated heterocycles. The lowest BCUT2D eigenvalue weighted by Crippen LogP contribution is -2.40. The van der Waals surface area contributed by atoms with Gasteiger partial charge in [0.25, 0.3) is 5.91 Å². The molecule has 10 heteroatoms. The van der Waals surface area contributed by atoms with E-state index < -0.39 is 0 Å². The molecule has 4 rings (SSSR count). The SMILES string of the molecule is COc1ccc(CN(C)CC(=O)NCCN2C(=O)/C(=C\c3ccc4c(c3)OCO4)SC2=S)cc1. The number of carbonyl (C=O) groups excluding carboxylic acids is 2. The number of nitrogens with one attached hydrogen (secondary N) is 1. The van der Waals surface area contributed by atoms with E-state index >= 15 is 0 Å². The minimum atomic E-state index is -0.168. The maximum absolute atomic E-state index is 12.8. The first kappa shape index (κ1) is 24.1. The minimum absolute atomic E-state index is 0.114. The molecule has 2 aromatic rings. The molecule has 0 radical (unpaired) electrons. The van der Waals surface area contributed by atoms with E-state index in [1.165, 1.54) is 16.7 Å². The molecule has 0 unspecified atom stereocenters. The number of methoxy groups -OCH3 is 1. The van der Waals surface area contributed by atoms with Gasteiger partial charge in [0.05, 0.1) is 18.6 Å². The summed E-state index contributed by atoms with van der Waals surface area (Å²) < 4.78 is 16.3. The lowest BCUT2D eigenvalue weighted by atomic mass is 10.2. The molecule has 0 aromatic heterocycles. The Morgan fingerprint density at radius 2 is 2.00 bits per heavy atom. The van der Waals surface area contributed by atoms with Crippen LogP contribution in [0.5, 0.6) is 17.2 Å². The Labute approximate surface area is 207 Å². The predicted molar refractivity (Wildman–Crippen MR) is 135 cm³/mol. The van der Waals surface area contributed by atoms with Crippen LogP contribution in [0.1, 0.15) is 11.1 Å². The molecule has 0 aliphatic carbocycles. The summed E-state index contributed by atoms with van der Waals surface area (Å²) in [4.78, 5) is 29.1. The third-order valence-corrected chi connectivity index (χ3v) is 6.63. The van der Waals surface area contributed by atoms with Crippen LogP contribution in [0.3, 0.4) is 0 Å². The van der Waals surface area contributed by atoms with Gasteiger partial charge in [-0.3, -0.25) is 19.4 Å². The number of fused-ring (bicyclic) bond motifs is 1. The molecule has 1 N–H and O–H groups in total. The van der Waals surface area contributed by atoms with E-state index in [0.29, 0.717) is 40.4 Å². The maximum atomic E-state index is 12.8. The smallest absolute Gasteiger partial charge is 0.266 e. The number of likely N-dealkylation sites (N-methyl/N-ethyl adjacent to an activating group) is 1. The number of carbonyl (C=O) groups is 2. The highest BCUT2D eigenvalue weighted by molar-refractivity contribution is 8.26. The molecule has 34 heavy (non-hydrogen) atoms. The summed E-state index contributed by atoms with van der Waals surface area (Å²) in [5.41, 5.74) is 1.92. The van der Waals surface area contributed by atoms with Gasteiger partial charge in [-0.15, -0.1) is 0 Å². The molecule has 0 saturated carbocycles. The van der Waals surface area contributed by atoms with Gasteiger partial charge in [-0.25, -0.2) is 0 Å². The van der Waals surface area contributed by atoms with Crippen LogP contribution in [0.25, 0.3) is 6.08 Å². The van der Waals surface area contributed by atoms with Crippen molar-refractivity contribution in [3.05, 3.63) is 58.5 Å². The van der Waals surface area contributed by atoms with Gasteiger partial charge in [0.15, 0.2) is 11.5 Å². The van der Waals surface area contributed by atoms with E-state index in [1.807, 2.05) is 54.4 Å². The Kier molecular flexibility index (Phi) is 7.71. The van der Waals surface area contributed by atoms with Crippen molar-refractivity contribution in [3.63, 3.8) is 0 Å². The van der Waals surface area contributed by atoms with Crippen LogP contribution in [0, 0.1) is 0 Å². The summed E-state index contributed by atoms with van der Waals surface area (Å²) in [6.07, 6.45) is 1.79. The second-order valence-corrected chi connectivity index (χ2v) is 9.49. The molecule has 2 aliphatic rings. The quantitative estimate of drug-likeness (QED) is 0.417. The summed E-state index contributed by atoms with van der Waals surface area (Å²) in [5.74, 6) is 1.86. The molecule has 2 amide bonds. The minimum Gasteiger partial charge on any atom is -0.497 e. The van der Waals surface area contributed by atoms with Crippen LogP contribution in [0.2, 0.25) is 0 Å². The topological polar surface area (TPSA) is 80.3 Å². The van der Waals surface area contributed by atoms with E-state index in [1.54, 1.807) is 13.2 Å². The zero-order valence-corrected chi connectivity index (χ0v) is 20.5. The number of hydrogen-bond acceptors (Lipinski definition) is 8. The van der Waals surface area contributed by atoms with Gasteiger partial charge in [-0.1, -0.05) is 42.2 Å². The lowest BCUT2D eigenvalue weighted by molar-refractivity contribution is -0.124. The van der Waals surface area contributed by atoms with Crippen molar-refractivity contribution in [1.29, 1.82) is 0 Å². The Morgan fingerprint density at radius 1 is 1.24 bits per heavy atom. The molecule has 0 atom stereocenters. The molecule has 1 fully saturated rings. The van der Waals surface area contributed by atoms with Crippen LogP contribution < -0.4 is 19.5 Å². The normalized spacial score (nSPS) is 16.0. The summed E-state index contributed by atoms with van der Waals surface area (Å²) in [5, 5.41) is 2.87. The van der Waals surface area contributed by atoms with Gasteiger partial charge in [-0.05, 0) is 48.5 Å². The largest absolute Gasteiger partial charge is 0.497 e. The van der Waals surface area contributed by atoms with E-state index in [2.05, 4.69) is 5.32 Å². The van der Waals surface area contributed by atoms with Crippen LogP contribution in [0.15, 0.2) is 47.4 Å². The summed E-state index contributed by atoms with van der Waals surface area (Å²) >= 11 is 6.63. The number of nitrogens with zero attached hydrogens (tertiary/aromatic N) is 2. The zero-order valence-electron chi connectivity index (χ0n) is 18.9. The van der Waals surface area contributed by atoms with Crippen molar-refractivity contribution in [1.82, 2.24) is 15.1 Å². The molecular weight excluding hydrogens is 474 g/mol. The van der Waals surface area contributed by atoms with Crippen molar-refractivity contribution >= 4 is 46.2 Å². The van der Waals surface area contributed by atoms with Gasteiger partial charge in [0.1, 0.15) is 10.1 Å². The van der Waals surface area contributed by atoms with Gasteiger partial charge in [0, 0.05) is 19.6 Å². The fourth-order valence-electron chi connectivity index (χ4n) is 3.55. The van der Waals surface area contributed by atoms with Gasteiger partial charge < -0.3 is 19.5 Å². The zero-order chi connectivity index (χ0) is 24.1. The van der Waals surface area contributed by atoms with Crippen LogP contribution in [0.4, 0.5) is 0 Å². The van der Waals surface area contributed by atoms with Crippen molar-refractivity contribution in [3.8, 4) is 17.2 Å². The highest BCUT2D eigenvalue weighted by atomic mass is 32.2. The Bertz CT molecular complexity index is 1120. The average molecular weight is 500 g/mol. The van der Waals surface area contributed by atoms with Crippen molar-refractivity contribution in [2.24, 2.45) is 0 Å². The molecule has 2 aliphatic heterocycles. The summed E-state index contributed by atoms with van der Waals surface area (Å²) in [6.45, 7) is 1.71. The van der Waals surface area contributed by atoms with Crippen molar-refractivity contribution < 1.29 is 23.8 Å². The van der Waals surface area contributed by atoms with E-state index in [4.69, 9.17) is 26.4 Å². The average Bonchev–Trinajstić information content (AvgIpc) is 3.39. The Hall–Kier alpha value is -3.08. The fraction of sp³-hybridized carbons (Fsp3) is 0.292. The Balaban J connectivity index is 1.24. The van der Waals surface area contributed by atoms with E-state index in [0.717, 1.165) is 16.9 Å². The fourth-order valence-corrected chi connectivity index (χ4v) is 4.86.